The Morgan fingerprint density at radius 2 is 2.00 bits per heavy atom. The van der Waals surface area contributed by atoms with Gasteiger partial charge in [-0.1, -0.05) is 6.07 Å². The summed E-state index contributed by atoms with van der Waals surface area (Å²) in [6.45, 7) is 0. The fraction of sp³-hybridized carbons (Fsp3) is 0.182. The first kappa shape index (κ1) is 15.9. The van der Waals surface area contributed by atoms with Gasteiger partial charge in [-0.3, -0.25) is 4.79 Å². The molecule has 1 amide bonds. The number of alkyl halides is 3. The Labute approximate surface area is 122 Å². The molecule has 0 aliphatic rings. The highest BCUT2D eigenvalue weighted by atomic mass is 32.2. The van der Waals surface area contributed by atoms with Crippen molar-refractivity contribution in [2.75, 3.05) is 6.26 Å². The fourth-order valence-corrected chi connectivity index (χ4v) is 2.11. The monoisotopic (exact) mass is 334 g/mol. The summed E-state index contributed by atoms with van der Waals surface area (Å²) in [7, 11) is -4.01. The van der Waals surface area contributed by atoms with Crippen LogP contribution in [0.4, 0.5) is 13.2 Å². The van der Waals surface area contributed by atoms with Crippen LogP contribution in [0.25, 0.3) is 5.82 Å². The van der Waals surface area contributed by atoms with Crippen LogP contribution in [0.1, 0.15) is 16.1 Å². The highest BCUT2D eigenvalue weighted by Gasteiger charge is 2.41. The molecule has 118 valence electrons. The van der Waals surface area contributed by atoms with Gasteiger partial charge in [-0.25, -0.2) is 22.8 Å². The zero-order valence-corrected chi connectivity index (χ0v) is 11.8. The largest absolute Gasteiger partial charge is 0.434 e. The molecular formula is C11H9F3N4O3S. The SMILES string of the molecule is CS(=O)(=O)NC(=O)c1cnn(-c2ccccn2)c1C(F)(F)F. The predicted octanol–water partition coefficient (Wildman–Crippen LogP) is 0.976. The lowest BCUT2D eigenvalue weighted by Gasteiger charge is -2.11. The van der Waals surface area contributed by atoms with Crippen molar-refractivity contribution in [1.29, 1.82) is 0 Å². The number of carbonyl (C=O) groups excluding carboxylic acids is 1. The molecule has 1 N–H and O–H groups in total. The van der Waals surface area contributed by atoms with Gasteiger partial charge in [-0.2, -0.15) is 18.3 Å². The first-order chi connectivity index (χ1) is 10.1. The lowest BCUT2D eigenvalue weighted by atomic mass is 10.2. The van der Waals surface area contributed by atoms with E-state index in [4.69, 9.17) is 0 Å². The molecule has 2 aromatic heterocycles. The lowest BCUT2D eigenvalue weighted by molar-refractivity contribution is -0.143. The van der Waals surface area contributed by atoms with Crippen molar-refractivity contribution in [3.63, 3.8) is 0 Å². The van der Waals surface area contributed by atoms with E-state index in [1.54, 1.807) is 0 Å². The van der Waals surface area contributed by atoms with Crippen molar-refractivity contribution in [3.8, 4) is 5.82 Å². The Morgan fingerprint density at radius 3 is 2.50 bits per heavy atom. The Balaban J connectivity index is 2.58. The molecular weight excluding hydrogens is 325 g/mol. The molecule has 0 unspecified atom stereocenters. The lowest BCUT2D eigenvalue weighted by Crippen LogP contribution is -2.31. The van der Waals surface area contributed by atoms with E-state index in [1.807, 2.05) is 0 Å². The molecule has 0 bridgehead atoms. The average molecular weight is 334 g/mol. The minimum Gasteiger partial charge on any atom is -0.268 e. The molecule has 0 saturated heterocycles. The summed E-state index contributed by atoms with van der Waals surface area (Å²) in [5.74, 6) is -1.58. The zero-order chi connectivity index (χ0) is 16.5. The molecule has 0 aliphatic heterocycles. The van der Waals surface area contributed by atoms with Gasteiger partial charge in [0.05, 0.1) is 18.0 Å². The maximum Gasteiger partial charge on any atom is 0.434 e. The highest BCUT2D eigenvalue weighted by molar-refractivity contribution is 7.89. The van der Waals surface area contributed by atoms with Crippen molar-refractivity contribution in [2.45, 2.75) is 6.18 Å². The summed E-state index contributed by atoms with van der Waals surface area (Å²) in [6.07, 6.45) is -2.38. The van der Waals surface area contributed by atoms with E-state index in [2.05, 4.69) is 10.1 Å². The summed E-state index contributed by atoms with van der Waals surface area (Å²) < 4.78 is 63.5. The van der Waals surface area contributed by atoms with Crippen molar-refractivity contribution >= 4 is 15.9 Å². The number of aromatic nitrogens is 3. The number of hydrogen-bond acceptors (Lipinski definition) is 5. The molecule has 0 spiro atoms. The molecule has 0 fully saturated rings. The standard InChI is InChI=1S/C11H9F3N4O3S/c1-22(20,21)17-10(19)7-6-16-18(9(7)11(12,13)14)8-4-2-3-5-15-8/h2-6H,1H3,(H,17,19). The average Bonchev–Trinajstić information content (AvgIpc) is 2.82. The summed E-state index contributed by atoms with van der Waals surface area (Å²) in [6, 6.07) is 4.21. The molecule has 0 saturated carbocycles. The summed E-state index contributed by atoms with van der Waals surface area (Å²) in [5.41, 5.74) is -2.32. The minimum atomic E-state index is -4.93. The van der Waals surface area contributed by atoms with Gasteiger partial charge in [0.15, 0.2) is 11.5 Å². The third-order valence-corrected chi connectivity index (χ3v) is 2.98. The third kappa shape index (κ3) is 3.42. The van der Waals surface area contributed by atoms with E-state index >= 15 is 0 Å². The van der Waals surface area contributed by atoms with Crippen molar-refractivity contribution in [2.24, 2.45) is 0 Å². The topological polar surface area (TPSA) is 94.0 Å². The van der Waals surface area contributed by atoms with Crippen LogP contribution in [-0.4, -0.2) is 35.3 Å². The van der Waals surface area contributed by atoms with Crippen LogP contribution in [0, 0.1) is 0 Å². The van der Waals surface area contributed by atoms with Gasteiger partial charge in [0.1, 0.15) is 0 Å². The second-order valence-corrected chi connectivity index (χ2v) is 5.96. The summed E-state index contributed by atoms with van der Waals surface area (Å²) >= 11 is 0. The first-order valence-corrected chi connectivity index (χ1v) is 7.57. The number of carbonyl (C=O) groups is 1. The van der Waals surface area contributed by atoms with E-state index in [1.165, 1.54) is 29.1 Å². The van der Waals surface area contributed by atoms with Crippen LogP contribution in [0.3, 0.4) is 0 Å². The second-order valence-electron chi connectivity index (χ2n) is 4.21. The predicted molar refractivity (Wildman–Crippen MR) is 68.7 cm³/mol. The minimum absolute atomic E-state index is 0.159. The smallest absolute Gasteiger partial charge is 0.268 e. The van der Waals surface area contributed by atoms with Crippen LogP contribution < -0.4 is 4.72 Å². The summed E-state index contributed by atoms with van der Waals surface area (Å²) in [5, 5.41) is 3.48. The molecule has 22 heavy (non-hydrogen) atoms. The molecule has 0 atom stereocenters. The van der Waals surface area contributed by atoms with Gasteiger partial charge < -0.3 is 0 Å². The molecule has 2 aromatic rings. The number of pyridine rings is 1. The van der Waals surface area contributed by atoms with Gasteiger partial charge in [0.2, 0.25) is 10.0 Å². The van der Waals surface area contributed by atoms with Crippen molar-refractivity contribution in [3.05, 3.63) is 41.9 Å². The van der Waals surface area contributed by atoms with Crippen LogP contribution in [0.2, 0.25) is 0 Å². The van der Waals surface area contributed by atoms with Crippen LogP contribution >= 0.6 is 0 Å². The Kier molecular flexibility index (Phi) is 3.92. The molecule has 2 rings (SSSR count). The first-order valence-electron chi connectivity index (χ1n) is 5.68. The Bertz CT molecular complexity index is 800. The quantitative estimate of drug-likeness (QED) is 0.903. The zero-order valence-electron chi connectivity index (χ0n) is 11.0. The highest BCUT2D eigenvalue weighted by Crippen LogP contribution is 2.33. The van der Waals surface area contributed by atoms with Gasteiger partial charge in [-0.15, -0.1) is 0 Å². The van der Waals surface area contributed by atoms with E-state index in [9.17, 15) is 26.4 Å². The Hall–Kier alpha value is -2.43. The molecule has 11 heteroatoms. The Morgan fingerprint density at radius 1 is 1.32 bits per heavy atom. The molecule has 7 nitrogen and oxygen atoms in total. The maximum atomic E-state index is 13.2. The molecule has 0 radical (unpaired) electrons. The van der Waals surface area contributed by atoms with Crippen LogP contribution in [0.5, 0.6) is 0 Å². The number of nitrogens with one attached hydrogen (secondary N) is 1. The van der Waals surface area contributed by atoms with Gasteiger partial charge >= 0.3 is 6.18 Å². The van der Waals surface area contributed by atoms with E-state index < -0.39 is 33.4 Å². The van der Waals surface area contributed by atoms with Gasteiger partial charge in [0, 0.05) is 6.20 Å². The maximum absolute atomic E-state index is 13.2. The number of nitrogens with zero attached hydrogens (tertiary/aromatic N) is 3. The number of sulfonamides is 1. The van der Waals surface area contributed by atoms with Gasteiger partial charge in [0.25, 0.3) is 5.91 Å². The van der Waals surface area contributed by atoms with Gasteiger partial charge in [-0.05, 0) is 12.1 Å². The molecule has 2 heterocycles. The normalized spacial score (nSPS) is 12.2. The van der Waals surface area contributed by atoms with E-state index in [0.29, 0.717) is 17.1 Å². The number of amides is 1. The number of hydrogen-bond donors (Lipinski definition) is 1. The fourth-order valence-electron chi connectivity index (χ4n) is 1.66. The molecule has 0 aromatic carbocycles. The van der Waals surface area contributed by atoms with Crippen LogP contribution in [0.15, 0.2) is 30.6 Å². The van der Waals surface area contributed by atoms with E-state index in [-0.39, 0.29) is 5.82 Å². The van der Waals surface area contributed by atoms with Crippen LogP contribution in [-0.2, 0) is 16.2 Å². The van der Waals surface area contributed by atoms with Crippen molar-refractivity contribution < 1.29 is 26.4 Å². The third-order valence-electron chi connectivity index (χ3n) is 2.43. The molecule has 0 aliphatic carbocycles. The van der Waals surface area contributed by atoms with E-state index in [0.717, 1.165) is 0 Å². The van der Waals surface area contributed by atoms with Crippen molar-refractivity contribution in [1.82, 2.24) is 19.5 Å². The summed E-state index contributed by atoms with van der Waals surface area (Å²) in [4.78, 5) is 15.4. The number of rotatable bonds is 3. The second kappa shape index (κ2) is 5.40. The number of halogens is 3.